The Morgan fingerprint density at radius 2 is 0.679 bits per heavy atom. The zero-order chi connectivity index (χ0) is 92.7. The van der Waals surface area contributed by atoms with Crippen molar-refractivity contribution >= 4 is 128 Å². The third-order valence-electron chi connectivity index (χ3n) is 20.8. The molecule has 0 unspecified atom stereocenters. The first-order chi connectivity index (χ1) is 63.3. The second-order valence-corrected chi connectivity index (χ2v) is 31.2. The molecule has 8 heterocycles. The van der Waals surface area contributed by atoms with Gasteiger partial charge in [0.1, 0.15) is 88.0 Å². The Morgan fingerprint density at radius 3 is 0.977 bits per heavy atom. The molecule has 2 aliphatic heterocycles. The number of nitrogens with one attached hydrogen (secondary N) is 8. The molecule has 8 aromatic carbocycles. The van der Waals surface area contributed by atoms with E-state index in [-0.39, 0.29) is 71.6 Å². The molecule has 14 aromatic rings. The number of aromatic nitrogens is 8. The number of benzene rings is 8. The van der Waals surface area contributed by atoms with Crippen LogP contribution < -0.4 is 40.2 Å². The predicted octanol–water partition coefficient (Wildman–Crippen LogP) is 15.0. The van der Waals surface area contributed by atoms with E-state index >= 15 is 0 Å². The number of H-pyrrole nitrogens is 4. The molecule has 16 rings (SSSR count). The molecule has 0 radical (unpaired) electrons. The number of esters is 1. The molecule has 2 fully saturated rings. The van der Waals surface area contributed by atoms with Gasteiger partial charge in [-0.05, 0) is 196 Å². The van der Waals surface area contributed by atoms with Crippen LogP contribution in [0.4, 0.5) is 17.6 Å². The highest BCUT2D eigenvalue weighted by atomic mass is 19.1. The lowest BCUT2D eigenvalue weighted by Crippen LogP contribution is -2.43. The summed E-state index contributed by atoms with van der Waals surface area (Å²) in [7, 11) is 8.07. The smallest absolute Gasteiger partial charge is 0.325 e. The van der Waals surface area contributed by atoms with Gasteiger partial charge in [-0.1, -0.05) is 72.8 Å². The van der Waals surface area contributed by atoms with E-state index in [9.17, 15) is 46.3 Å². The van der Waals surface area contributed by atoms with Gasteiger partial charge in [0.15, 0.2) is 0 Å². The number of furan rings is 2. The van der Waals surface area contributed by atoms with E-state index in [0.717, 1.165) is 99.3 Å². The summed E-state index contributed by atoms with van der Waals surface area (Å²) >= 11 is 0. The summed E-state index contributed by atoms with van der Waals surface area (Å²) < 4.78 is 97.2. The Bertz CT molecular complexity index is 6470. The van der Waals surface area contributed by atoms with Crippen LogP contribution in [0.5, 0.6) is 23.0 Å². The molecule has 2 aliphatic rings. The highest BCUT2D eigenvalue weighted by Crippen LogP contribution is 2.37. The number of carboxylic acids is 1. The zero-order valence-corrected chi connectivity index (χ0v) is 73.0. The number of nitrogens with zero attached hydrogens (tertiary/aromatic N) is 7. The predicted molar refractivity (Wildman–Crippen MR) is 489 cm³/mol. The van der Waals surface area contributed by atoms with Gasteiger partial charge in [-0.25, -0.2) is 17.6 Å². The number of carboxylic acid groups (broad SMARTS) is 1. The minimum absolute atomic E-state index is 0.198. The summed E-state index contributed by atoms with van der Waals surface area (Å²) in [6.45, 7) is 13.9. The number of ether oxygens (including phenoxy) is 6. The topological polar surface area (TPSA) is 377 Å². The van der Waals surface area contributed by atoms with Crippen molar-refractivity contribution in [2.45, 2.75) is 52.6 Å². The van der Waals surface area contributed by atoms with Crippen molar-refractivity contribution < 1.29 is 88.7 Å². The van der Waals surface area contributed by atoms with Crippen molar-refractivity contribution in [3.05, 3.63) is 283 Å². The Labute approximate surface area is 749 Å². The molecule has 9 N–H and O–H groups in total. The lowest BCUT2D eigenvalue weighted by molar-refractivity contribution is -0.153. The van der Waals surface area contributed by atoms with Crippen LogP contribution in [-0.2, 0) is 45.2 Å². The Balaban J connectivity index is 0.000000150. The maximum Gasteiger partial charge on any atom is 0.325 e. The summed E-state index contributed by atoms with van der Waals surface area (Å²) in [5.74, 6) is 0.0953. The first-order valence-electron chi connectivity index (χ1n) is 41.6. The van der Waals surface area contributed by atoms with Crippen LogP contribution in [0.3, 0.4) is 0 Å². The van der Waals surface area contributed by atoms with Crippen LogP contribution in [0.15, 0.2) is 179 Å². The number of aromatic amines is 4. The average Bonchev–Trinajstić information content (AvgIpc) is 1.65. The molecule has 678 valence electrons. The molecule has 34 heteroatoms. The van der Waals surface area contributed by atoms with Gasteiger partial charge in [0.25, 0.3) is 23.6 Å². The third-order valence-corrected chi connectivity index (χ3v) is 20.8. The summed E-state index contributed by atoms with van der Waals surface area (Å²) in [6, 6.07) is 45.4. The van der Waals surface area contributed by atoms with E-state index in [1.165, 1.54) is 83.0 Å². The van der Waals surface area contributed by atoms with E-state index in [1.807, 2.05) is 48.6 Å². The molecule has 2 saturated heterocycles. The number of methoxy groups -OCH3 is 4. The SMILES string of the molecule is COc1c(C(=O)NCC(=O)O)ccc2n[nH]c(/C=C/c3ccc(F)cc3)c12.COc1c(C(=O)NCC(=O)OC(C)(C)C)ccc2n[nH]c(/C=C/c3ccc(F)cc3)c12.COc1c(C(=O)NCc2ccc(CN3CCN(C)CC3)o2)ccc2n[nH]c(/C=C/c3ccc(F)cc3)c12.COc1c(C(=O)NCc2ccc(CN3CCOCC3)o2)ccc2n[nH]c(/C=C/c3ccc(F)cc3)c12. The number of aliphatic carboxylic acids is 1. The van der Waals surface area contributed by atoms with E-state index in [1.54, 1.807) is 136 Å². The largest absolute Gasteiger partial charge is 0.495 e. The van der Waals surface area contributed by atoms with Crippen molar-refractivity contribution in [2.24, 2.45) is 0 Å². The lowest BCUT2D eigenvalue weighted by atomic mass is 10.1. The molecule has 0 atom stereocenters. The first-order valence-corrected chi connectivity index (χ1v) is 41.6. The van der Waals surface area contributed by atoms with E-state index in [2.05, 4.69) is 83.8 Å². The number of likely N-dealkylation sites (N-methyl/N-ethyl adjacent to an activating group) is 1. The van der Waals surface area contributed by atoms with Crippen LogP contribution in [0.2, 0.25) is 0 Å². The van der Waals surface area contributed by atoms with Crippen LogP contribution in [0.25, 0.3) is 92.2 Å². The summed E-state index contributed by atoms with van der Waals surface area (Å²) in [4.78, 5) is 80.7. The lowest BCUT2D eigenvalue weighted by Gasteiger charge is -2.31. The highest BCUT2D eigenvalue weighted by Gasteiger charge is 2.27. The van der Waals surface area contributed by atoms with Gasteiger partial charge < -0.3 is 68.5 Å². The van der Waals surface area contributed by atoms with E-state index in [0.29, 0.717) is 106 Å². The van der Waals surface area contributed by atoms with E-state index < -0.39 is 35.9 Å². The maximum atomic E-state index is 13.2. The van der Waals surface area contributed by atoms with Gasteiger partial charge in [-0.2, -0.15) is 20.4 Å². The molecule has 30 nitrogen and oxygen atoms in total. The number of morpholine rings is 1. The number of amides is 4. The van der Waals surface area contributed by atoms with Crippen LogP contribution >= 0.6 is 0 Å². The van der Waals surface area contributed by atoms with Crippen LogP contribution in [-0.4, -0.2) is 203 Å². The third kappa shape index (κ3) is 25.0. The molecule has 0 bridgehead atoms. The van der Waals surface area contributed by atoms with Crippen molar-refractivity contribution in [1.29, 1.82) is 0 Å². The van der Waals surface area contributed by atoms with Crippen molar-refractivity contribution in [2.75, 3.05) is 101 Å². The van der Waals surface area contributed by atoms with Crippen LogP contribution in [0.1, 0.15) is 130 Å². The number of rotatable bonds is 28. The van der Waals surface area contributed by atoms with Gasteiger partial charge in [0, 0.05) is 39.3 Å². The normalized spacial score (nSPS) is 13.3. The number of fused-ring (bicyclic) bond motifs is 4. The number of piperazine rings is 1. The zero-order valence-electron chi connectivity index (χ0n) is 73.0. The minimum Gasteiger partial charge on any atom is -0.495 e. The molecular formula is C97H97F4N15O15. The van der Waals surface area contributed by atoms with Crippen molar-refractivity contribution in [1.82, 2.24) is 76.8 Å². The molecule has 0 saturated carbocycles. The average molecular weight is 1790 g/mol. The van der Waals surface area contributed by atoms with Gasteiger partial charge in [0.05, 0.1) is 156 Å². The molecular weight excluding hydrogens is 1690 g/mol. The number of carbonyl (C=O) groups is 6. The number of hydrogen-bond donors (Lipinski definition) is 9. The fourth-order valence-electron chi connectivity index (χ4n) is 14.3. The number of carbonyl (C=O) groups excluding carboxylic acids is 5. The molecule has 131 heavy (non-hydrogen) atoms. The molecule has 6 aromatic heterocycles. The first kappa shape index (κ1) is 93.4. The fraction of sp³-hybridized carbons (Fsp3) is 0.237. The quantitative estimate of drug-likeness (QED) is 0.0162. The van der Waals surface area contributed by atoms with Crippen molar-refractivity contribution in [3.8, 4) is 23.0 Å². The Morgan fingerprint density at radius 1 is 0.389 bits per heavy atom. The van der Waals surface area contributed by atoms with Gasteiger partial charge in [-0.3, -0.25) is 59.0 Å². The fourth-order valence-corrected chi connectivity index (χ4v) is 14.3. The summed E-state index contributed by atoms with van der Waals surface area (Å²) in [6.07, 6.45) is 14.4. The molecule has 0 spiro atoms. The van der Waals surface area contributed by atoms with Gasteiger partial charge in [0.2, 0.25) is 0 Å². The van der Waals surface area contributed by atoms with Gasteiger partial charge >= 0.3 is 11.9 Å². The number of halogens is 4. The van der Waals surface area contributed by atoms with E-state index in [4.69, 9.17) is 42.4 Å². The van der Waals surface area contributed by atoms with Crippen LogP contribution in [0, 0.1) is 23.3 Å². The standard InChI is InChI=1S/C28H30FN5O3.C27H27FN4O4.C23H24FN3O4.C19H16FN3O4/c1-33-13-15-34(16-14-33)18-22-9-8-21(37-22)17-30-28(35)23-10-12-25-26(27(23)36-2)24(31-32-25)11-5-19-3-6-20(29)7-4-19;1-34-26-22(27(33)29-16-20-7-8-21(36-20)17-32-12-14-35-15-13-32)9-11-24-25(26)23(30-31-24)10-4-18-2-5-19(28)6-3-18;1-23(2,3)31-19(28)13-25-22(29)16-10-12-18-20(21(16)30-4)17(26-27-18)11-7-14-5-8-15(24)9-6-14;1-27-18-13(19(26)21-10-16(24)25)7-9-15-17(18)14(22-23-15)8-4-11-2-5-12(20)6-3-11/h3-12H,13-18H2,1-2H3,(H,30,35)(H,31,32);2-11H,12-17H2,1H3,(H,29,33)(H,30,31);5-12H,13H2,1-4H3,(H,25,29)(H,26,27);2-9H,10H2,1H3,(H,21,26)(H,22,23)(H,24,25)/b11-5+;10-4+;11-7+;8-4+. The highest BCUT2D eigenvalue weighted by molar-refractivity contribution is 6.09. The van der Waals surface area contributed by atoms with Crippen molar-refractivity contribution in [3.63, 3.8) is 0 Å². The maximum absolute atomic E-state index is 13.2. The Hall–Kier alpha value is -15.3. The second-order valence-electron chi connectivity index (χ2n) is 31.2. The number of hydrogen-bond acceptors (Lipinski definition) is 21. The second kappa shape index (κ2) is 44.0. The Kier molecular flexibility index (Phi) is 31.3. The monoisotopic (exact) mass is 1790 g/mol. The van der Waals surface area contributed by atoms with Gasteiger partial charge in [-0.15, -0.1) is 0 Å². The molecule has 4 amide bonds. The molecule has 0 aliphatic carbocycles. The minimum atomic E-state index is -1.14. The summed E-state index contributed by atoms with van der Waals surface area (Å²) in [5.41, 5.74) is 8.99. The summed E-state index contributed by atoms with van der Waals surface area (Å²) in [5, 5.41) is 50.9.